The van der Waals surface area contributed by atoms with E-state index in [0.717, 1.165) is 10.9 Å². The van der Waals surface area contributed by atoms with Crippen LogP contribution in [-0.4, -0.2) is 16.8 Å². The number of hydrogen-bond donors (Lipinski definition) is 3. The summed E-state index contributed by atoms with van der Waals surface area (Å²) in [6.07, 6.45) is 1.84. The fourth-order valence-electron chi connectivity index (χ4n) is 2.24. The SMILES string of the molecule is CC(=O)Nc1ccc(NC(=O)c2ccc3[nH]ccc3c2)cc1. The maximum Gasteiger partial charge on any atom is 0.255 e. The topological polar surface area (TPSA) is 74.0 Å². The van der Waals surface area contributed by atoms with Gasteiger partial charge in [-0.3, -0.25) is 9.59 Å². The molecule has 0 atom stereocenters. The van der Waals surface area contributed by atoms with Crippen molar-refractivity contribution in [1.29, 1.82) is 0 Å². The zero-order chi connectivity index (χ0) is 15.5. The van der Waals surface area contributed by atoms with Gasteiger partial charge in [0, 0.05) is 41.0 Å². The number of nitrogens with one attached hydrogen (secondary N) is 3. The molecular formula is C17H15N3O2. The minimum absolute atomic E-state index is 0.128. The van der Waals surface area contributed by atoms with Gasteiger partial charge in [-0.2, -0.15) is 0 Å². The van der Waals surface area contributed by atoms with Gasteiger partial charge in [-0.05, 0) is 48.5 Å². The summed E-state index contributed by atoms with van der Waals surface area (Å²) in [5.41, 5.74) is 2.96. The third-order valence-corrected chi connectivity index (χ3v) is 3.28. The maximum atomic E-state index is 12.3. The number of amides is 2. The highest BCUT2D eigenvalue weighted by molar-refractivity contribution is 6.06. The number of fused-ring (bicyclic) bond motifs is 1. The summed E-state index contributed by atoms with van der Waals surface area (Å²) < 4.78 is 0. The molecule has 3 N–H and O–H groups in total. The molecule has 5 nitrogen and oxygen atoms in total. The van der Waals surface area contributed by atoms with Crippen molar-refractivity contribution in [3.63, 3.8) is 0 Å². The first-order chi connectivity index (χ1) is 10.6. The molecule has 1 aromatic heterocycles. The van der Waals surface area contributed by atoms with Crippen LogP contribution >= 0.6 is 0 Å². The van der Waals surface area contributed by atoms with Crippen LogP contribution in [0.2, 0.25) is 0 Å². The molecule has 0 aliphatic carbocycles. The molecular weight excluding hydrogens is 278 g/mol. The molecule has 2 amide bonds. The van der Waals surface area contributed by atoms with Gasteiger partial charge in [-0.15, -0.1) is 0 Å². The van der Waals surface area contributed by atoms with Crippen molar-refractivity contribution in [2.24, 2.45) is 0 Å². The number of rotatable bonds is 3. The molecule has 1 heterocycles. The van der Waals surface area contributed by atoms with E-state index < -0.39 is 0 Å². The van der Waals surface area contributed by atoms with Crippen LogP contribution in [0.1, 0.15) is 17.3 Å². The second kappa shape index (κ2) is 5.73. The normalized spacial score (nSPS) is 10.4. The third-order valence-electron chi connectivity index (χ3n) is 3.28. The van der Waals surface area contributed by atoms with E-state index in [0.29, 0.717) is 16.9 Å². The van der Waals surface area contributed by atoms with Gasteiger partial charge in [0.1, 0.15) is 0 Å². The van der Waals surface area contributed by atoms with Crippen molar-refractivity contribution in [3.8, 4) is 0 Å². The summed E-state index contributed by atoms with van der Waals surface area (Å²) in [5.74, 6) is -0.299. The Morgan fingerprint density at radius 2 is 1.59 bits per heavy atom. The Bertz CT molecular complexity index is 834. The zero-order valence-corrected chi connectivity index (χ0v) is 12.0. The summed E-state index contributed by atoms with van der Waals surface area (Å²) in [6, 6.07) is 14.4. The summed E-state index contributed by atoms with van der Waals surface area (Å²) in [7, 11) is 0. The van der Waals surface area contributed by atoms with Crippen molar-refractivity contribution in [1.82, 2.24) is 4.98 Å². The number of aromatic nitrogens is 1. The number of hydrogen-bond acceptors (Lipinski definition) is 2. The predicted octanol–water partition coefficient (Wildman–Crippen LogP) is 3.38. The Hall–Kier alpha value is -3.08. The Morgan fingerprint density at radius 3 is 2.27 bits per heavy atom. The molecule has 0 saturated carbocycles. The van der Waals surface area contributed by atoms with E-state index in [1.807, 2.05) is 24.4 Å². The van der Waals surface area contributed by atoms with E-state index >= 15 is 0 Å². The first-order valence-electron chi connectivity index (χ1n) is 6.88. The van der Waals surface area contributed by atoms with Gasteiger partial charge in [0.2, 0.25) is 5.91 Å². The smallest absolute Gasteiger partial charge is 0.255 e. The van der Waals surface area contributed by atoms with Crippen molar-refractivity contribution in [3.05, 3.63) is 60.3 Å². The van der Waals surface area contributed by atoms with Gasteiger partial charge in [0.25, 0.3) is 5.91 Å². The molecule has 22 heavy (non-hydrogen) atoms. The molecule has 3 rings (SSSR count). The van der Waals surface area contributed by atoms with Crippen LogP contribution in [0, 0.1) is 0 Å². The van der Waals surface area contributed by atoms with E-state index in [1.54, 1.807) is 30.3 Å². The van der Waals surface area contributed by atoms with E-state index in [-0.39, 0.29) is 11.8 Å². The molecule has 5 heteroatoms. The zero-order valence-electron chi connectivity index (χ0n) is 12.0. The van der Waals surface area contributed by atoms with Crippen LogP contribution in [-0.2, 0) is 4.79 Å². The molecule has 0 bridgehead atoms. The lowest BCUT2D eigenvalue weighted by molar-refractivity contribution is -0.114. The molecule has 0 radical (unpaired) electrons. The molecule has 0 unspecified atom stereocenters. The standard InChI is InChI=1S/C17H15N3O2/c1-11(21)19-14-3-5-15(6-4-14)20-17(22)13-2-7-16-12(10-13)8-9-18-16/h2-10,18H,1H3,(H,19,21)(H,20,22). The highest BCUT2D eigenvalue weighted by Gasteiger charge is 2.07. The lowest BCUT2D eigenvalue weighted by atomic mass is 10.1. The Balaban J connectivity index is 1.74. The van der Waals surface area contributed by atoms with Crippen molar-refractivity contribution >= 4 is 34.1 Å². The monoisotopic (exact) mass is 293 g/mol. The summed E-state index contributed by atoms with van der Waals surface area (Å²) in [4.78, 5) is 26.3. The highest BCUT2D eigenvalue weighted by Crippen LogP contribution is 2.17. The largest absolute Gasteiger partial charge is 0.361 e. The van der Waals surface area contributed by atoms with E-state index in [4.69, 9.17) is 0 Å². The van der Waals surface area contributed by atoms with Gasteiger partial charge in [0.15, 0.2) is 0 Å². The molecule has 2 aromatic carbocycles. The number of anilines is 2. The van der Waals surface area contributed by atoms with E-state index in [1.165, 1.54) is 6.92 Å². The van der Waals surface area contributed by atoms with E-state index in [9.17, 15) is 9.59 Å². The molecule has 110 valence electrons. The van der Waals surface area contributed by atoms with Crippen LogP contribution in [0.25, 0.3) is 10.9 Å². The minimum Gasteiger partial charge on any atom is -0.361 e. The first-order valence-corrected chi connectivity index (χ1v) is 6.88. The van der Waals surface area contributed by atoms with E-state index in [2.05, 4.69) is 15.6 Å². The van der Waals surface area contributed by atoms with Crippen LogP contribution in [0.3, 0.4) is 0 Å². The Morgan fingerprint density at radius 1 is 0.909 bits per heavy atom. The molecule has 0 aliphatic rings. The number of carbonyl (C=O) groups is 2. The van der Waals surface area contributed by atoms with Gasteiger partial charge < -0.3 is 15.6 Å². The second-order valence-electron chi connectivity index (χ2n) is 4.99. The number of benzene rings is 2. The average Bonchev–Trinajstić information content (AvgIpc) is 2.96. The first kappa shape index (κ1) is 13.9. The summed E-state index contributed by atoms with van der Waals surface area (Å²) in [5, 5.41) is 6.51. The number of aromatic amines is 1. The second-order valence-corrected chi connectivity index (χ2v) is 4.99. The number of H-pyrrole nitrogens is 1. The molecule has 0 spiro atoms. The maximum absolute atomic E-state index is 12.3. The molecule has 0 fully saturated rings. The lowest BCUT2D eigenvalue weighted by Gasteiger charge is -2.07. The Labute approximate surface area is 127 Å². The van der Waals surface area contributed by atoms with Gasteiger partial charge in [0.05, 0.1) is 0 Å². The van der Waals surface area contributed by atoms with Gasteiger partial charge in [-0.1, -0.05) is 0 Å². The quantitative estimate of drug-likeness (QED) is 0.692. The highest BCUT2D eigenvalue weighted by atomic mass is 16.2. The van der Waals surface area contributed by atoms with Crippen LogP contribution in [0.5, 0.6) is 0 Å². The predicted molar refractivity (Wildman–Crippen MR) is 87.0 cm³/mol. The lowest BCUT2D eigenvalue weighted by Crippen LogP contribution is -2.12. The van der Waals surface area contributed by atoms with Crippen molar-refractivity contribution in [2.45, 2.75) is 6.92 Å². The number of carbonyl (C=O) groups excluding carboxylic acids is 2. The van der Waals surface area contributed by atoms with Crippen molar-refractivity contribution < 1.29 is 9.59 Å². The minimum atomic E-state index is -0.171. The summed E-state index contributed by atoms with van der Waals surface area (Å²) >= 11 is 0. The Kier molecular flexibility index (Phi) is 3.62. The van der Waals surface area contributed by atoms with Crippen LogP contribution in [0.4, 0.5) is 11.4 Å². The molecule has 0 aliphatic heterocycles. The average molecular weight is 293 g/mol. The van der Waals surface area contributed by atoms with Crippen LogP contribution < -0.4 is 10.6 Å². The summed E-state index contributed by atoms with van der Waals surface area (Å²) in [6.45, 7) is 1.45. The van der Waals surface area contributed by atoms with Gasteiger partial charge in [-0.25, -0.2) is 0 Å². The molecule has 3 aromatic rings. The molecule has 0 saturated heterocycles. The fourth-order valence-corrected chi connectivity index (χ4v) is 2.24. The third kappa shape index (κ3) is 2.98. The van der Waals surface area contributed by atoms with Crippen LogP contribution in [0.15, 0.2) is 54.7 Å². The van der Waals surface area contributed by atoms with Gasteiger partial charge >= 0.3 is 0 Å². The fraction of sp³-hybridized carbons (Fsp3) is 0.0588. The van der Waals surface area contributed by atoms with Crippen molar-refractivity contribution in [2.75, 3.05) is 10.6 Å².